The van der Waals surface area contributed by atoms with Gasteiger partial charge in [-0.2, -0.15) is 0 Å². The average Bonchev–Trinajstić information content (AvgIpc) is 2.59. The second-order valence-electron chi connectivity index (χ2n) is 4.87. The lowest BCUT2D eigenvalue weighted by Crippen LogP contribution is -2.39. The van der Waals surface area contributed by atoms with Crippen LogP contribution in [-0.2, 0) is 6.54 Å². The van der Waals surface area contributed by atoms with E-state index in [1.165, 1.54) is 6.07 Å². The third-order valence-corrected chi connectivity index (χ3v) is 3.02. The Labute approximate surface area is 162 Å². The van der Waals surface area contributed by atoms with Crippen LogP contribution < -0.4 is 15.4 Å². The molecule has 0 aliphatic rings. The minimum atomic E-state index is -0.717. The summed E-state index contributed by atoms with van der Waals surface area (Å²) >= 11 is 0. The SMILES string of the molecule is CCNC(=NCc1ccccn1)NCCOc1ccc(F)cc1F.I. The van der Waals surface area contributed by atoms with Crippen LogP contribution in [0.5, 0.6) is 5.75 Å². The number of benzene rings is 1. The molecule has 0 fully saturated rings. The summed E-state index contributed by atoms with van der Waals surface area (Å²) in [4.78, 5) is 8.61. The molecular weight excluding hydrogens is 441 g/mol. The predicted octanol–water partition coefficient (Wildman–Crippen LogP) is 3.11. The highest BCUT2D eigenvalue weighted by molar-refractivity contribution is 14.0. The molecule has 2 aromatic rings. The first kappa shape index (κ1) is 21.1. The summed E-state index contributed by atoms with van der Waals surface area (Å²) < 4.78 is 31.5. The summed E-state index contributed by atoms with van der Waals surface area (Å²) in [7, 11) is 0. The maximum atomic E-state index is 13.4. The van der Waals surface area contributed by atoms with Crippen molar-refractivity contribution >= 4 is 29.9 Å². The molecule has 1 aromatic heterocycles. The molecule has 0 saturated heterocycles. The van der Waals surface area contributed by atoms with E-state index in [1.807, 2.05) is 25.1 Å². The summed E-state index contributed by atoms with van der Waals surface area (Å²) in [6.07, 6.45) is 1.72. The standard InChI is InChI=1S/C17H20F2N4O.HI/c1-2-20-17(23-12-14-5-3-4-8-21-14)22-9-10-24-16-7-6-13(18)11-15(16)19;/h3-8,11H,2,9-10,12H2,1H3,(H2,20,22,23);1H. The molecule has 0 radical (unpaired) electrons. The lowest BCUT2D eigenvalue weighted by Gasteiger charge is -2.12. The van der Waals surface area contributed by atoms with E-state index in [0.717, 1.165) is 17.8 Å². The van der Waals surface area contributed by atoms with E-state index in [1.54, 1.807) is 6.20 Å². The number of aliphatic imine (C=N–C) groups is 1. The van der Waals surface area contributed by atoms with Gasteiger partial charge in [-0.3, -0.25) is 4.98 Å². The molecule has 5 nitrogen and oxygen atoms in total. The van der Waals surface area contributed by atoms with Crippen LogP contribution in [0.1, 0.15) is 12.6 Å². The molecule has 0 amide bonds. The normalized spacial score (nSPS) is 10.8. The van der Waals surface area contributed by atoms with E-state index >= 15 is 0 Å². The Balaban J connectivity index is 0.00000312. The van der Waals surface area contributed by atoms with Crippen LogP contribution in [-0.4, -0.2) is 30.6 Å². The first-order valence-corrected chi connectivity index (χ1v) is 7.69. The highest BCUT2D eigenvalue weighted by Crippen LogP contribution is 2.17. The molecule has 1 aromatic carbocycles. The third kappa shape index (κ3) is 7.63. The fraction of sp³-hybridized carbons (Fsp3) is 0.294. The molecule has 0 saturated carbocycles. The van der Waals surface area contributed by atoms with Crippen molar-refractivity contribution < 1.29 is 13.5 Å². The van der Waals surface area contributed by atoms with Gasteiger partial charge < -0.3 is 15.4 Å². The van der Waals surface area contributed by atoms with E-state index in [4.69, 9.17) is 4.74 Å². The lowest BCUT2D eigenvalue weighted by molar-refractivity contribution is 0.304. The van der Waals surface area contributed by atoms with Crippen molar-refractivity contribution in [3.8, 4) is 5.75 Å². The zero-order valence-electron chi connectivity index (χ0n) is 13.8. The number of nitrogens with zero attached hydrogens (tertiary/aromatic N) is 2. The van der Waals surface area contributed by atoms with Crippen molar-refractivity contribution in [3.63, 3.8) is 0 Å². The molecule has 0 bridgehead atoms. The number of nitrogens with one attached hydrogen (secondary N) is 2. The van der Waals surface area contributed by atoms with Gasteiger partial charge in [0.05, 0.1) is 18.8 Å². The predicted molar refractivity (Wildman–Crippen MR) is 104 cm³/mol. The van der Waals surface area contributed by atoms with Gasteiger partial charge in [0.15, 0.2) is 17.5 Å². The van der Waals surface area contributed by atoms with Gasteiger partial charge in [0.1, 0.15) is 12.4 Å². The molecule has 2 N–H and O–H groups in total. The van der Waals surface area contributed by atoms with Crippen molar-refractivity contribution in [1.29, 1.82) is 0 Å². The summed E-state index contributed by atoms with van der Waals surface area (Å²) in [6.45, 7) is 3.76. The number of pyridine rings is 1. The minimum Gasteiger partial charge on any atom is -0.489 e. The molecule has 0 aliphatic heterocycles. The smallest absolute Gasteiger partial charge is 0.191 e. The van der Waals surface area contributed by atoms with Gasteiger partial charge in [0.25, 0.3) is 0 Å². The highest BCUT2D eigenvalue weighted by Gasteiger charge is 2.04. The van der Waals surface area contributed by atoms with Gasteiger partial charge >= 0.3 is 0 Å². The van der Waals surface area contributed by atoms with Crippen molar-refractivity contribution in [1.82, 2.24) is 15.6 Å². The van der Waals surface area contributed by atoms with Crippen LogP contribution in [0.15, 0.2) is 47.6 Å². The van der Waals surface area contributed by atoms with Crippen molar-refractivity contribution in [3.05, 3.63) is 59.9 Å². The molecule has 0 atom stereocenters. The Hall–Kier alpha value is -1.97. The van der Waals surface area contributed by atoms with Gasteiger partial charge in [-0.1, -0.05) is 6.07 Å². The number of aromatic nitrogens is 1. The Kier molecular flexibility index (Phi) is 9.75. The van der Waals surface area contributed by atoms with Crippen LogP contribution in [0.4, 0.5) is 8.78 Å². The molecule has 0 spiro atoms. The van der Waals surface area contributed by atoms with Gasteiger partial charge in [-0.15, -0.1) is 24.0 Å². The average molecular weight is 462 g/mol. The van der Waals surface area contributed by atoms with E-state index in [2.05, 4.69) is 20.6 Å². The van der Waals surface area contributed by atoms with Crippen molar-refractivity contribution in [2.24, 2.45) is 4.99 Å². The Morgan fingerprint density at radius 3 is 2.72 bits per heavy atom. The van der Waals surface area contributed by atoms with Crippen LogP contribution in [0.25, 0.3) is 0 Å². The van der Waals surface area contributed by atoms with Crippen molar-refractivity contribution in [2.75, 3.05) is 19.7 Å². The molecular formula is C17H21F2IN4O. The van der Waals surface area contributed by atoms with Crippen LogP contribution in [0, 0.1) is 11.6 Å². The van der Waals surface area contributed by atoms with E-state index in [0.29, 0.717) is 25.6 Å². The second kappa shape index (κ2) is 11.6. The molecule has 0 unspecified atom stereocenters. The van der Waals surface area contributed by atoms with Crippen LogP contribution in [0.2, 0.25) is 0 Å². The maximum absolute atomic E-state index is 13.4. The molecule has 25 heavy (non-hydrogen) atoms. The fourth-order valence-corrected chi connectivity index (χ4v) is 1.92. The first-order valence-electron chi connectivity index (χ1n) is 7.69. The van der Waals surface area contributed by atoms with E-state index in [9.17, 15) is 8.78 Å². The maximum Gasteiger partial charge on any atom is 0.191 e. The zero-order valence-corrected chi connectivity index (χ0v) is 16.2. The third-order valence-electron chi connectivity index (χ3n) is 3.02. The van der Waals surface area contributed by atoms with Gasteiger partial charge in [0.2, 0.25) is 0 Å². The number of hydrogen-bond acceptors (Lipinski definition) is 3. The summed E-state index contributed by atoms with van der Waals surface area (Å²) in [5, 5.41) is 6.18. The molecule has 0 aliphatic carbocycles. The summed E-state index contributed by atoms with van der Waals surface area (Å²) in [5.41, 5.74) is 0.860. The topological polar surface area (TPSA) is 58.5 Å². The summed E-state index contributed by atoms with van der Waals surface area (Å²) in [6, 6.07) is 8.87. The summed E-state index contributed by atoms with van der Waals surface area (Å²) in [5.74, 6) is -0.709. The number of halogens is 3. The highest BCUT2D eigenvalue weighted by atomic mass is 127. The van der Waals surface area contributed by atoms with Crippen LogP contribution >= 0.6 is 24.0 Å². The second-order valence-corrected chi connectivity index (χ2v) is 4.87. The molecule has 2 rings (SSSR count). The van der Waals surface area contributed by atoms with Gasteiger partial charge in [0, 0.05) is 18.8 Å². The van der Waals surface area contributed by atoms with Crippen LogP contribution in [0.3, 0.4) is 0 Å². The number of hydrogen-bond donors (Lipinski definition) is 2. The lowest BCUT2D eigenvalue weighted by atomic mass is 10.3. The number of guanidine groups is 1. The van der Waals surface area contributed by atoms with E-state index < -0.39 is 11.6 Å². The Bertz CT molecular complexity index is 671. The molecule has 1 heterocycles. The van der Waals surface area contributed by atoms with Gasteiger partial charge in [-0.05, 0) is 31.2 Å². The minimum absolute atomic E-state index is 0. The largest absolute Gasteiger partial charge is 0.489 e. The Morgan fingerprint density at radius 1 is 1.20 bits per heavy atom. The zero-order chi connectivity index (χ0) is 17.2. The fourth-order valence-electron chi connectivity index (χ4n) is 1.92. The molecule has 136 valence electrons. The first-order chi connectivity index (χ1) is 11.7. The quantitative estimate of drug-likeness (QED) is 0.288. The van der Waals surface area contributed by atoms with Gasteiger partial charge in [-0.25, -0.2) is 13.8 Å². The molecule has 8 heteroatoms. The Morgan fingerprint density at radius 2 is 2.04 bits per heavy atom. The number of rotatable bonds is 7. The number of ether oxygens (including phenoxy) is 1. The van der Waals surface area contributed by atoms with Crippen molar-refractivity contribution in [2.45, 2.75) is 13.5 Å². The monoisotopic (exact) mass is 462 g/mol. The van der Waals surface area contributed by atoms with E-state index in [-0.39, 0.29) is 36.3 Å².